The van der Waals surface area contributed by atoms with Crippen LogP contribution in [0, 0.1) is 27.7 Å². The van der Waals surface area contributed by atoms with Gasteiger partial charge in [-0.1, -0.05) is 47.0 Å². The smallest absolute Gasteiger partial charge is 0.335 e. The van der Waals surface area contributed by atoms with E-state index in [1.165, 1.54) is 6.08 Å². The molecule has 0 unspecified atom stereocenters. The first-order valence-corrected chi connectivity index (χ1v) is 12.6. The number of hydrogen-bond donors (Lipinski definition) is 1. The molecular weight excluding hydrogens is 504 g/mol. The summed E-state index contributed by atoms with van der Waals surface area (Å²) >= 11 is 6.59. The summed E-state index contributed by atoms with van der Waals surface area (Å²) in [6.45, 7) is 10.3. The Hall–Kier alpha value is -4.10. The summed E-state index contributed by atoms with van der Waals surface area (Å²) in [6, 6.07) is 13.8. The Bertz CT molecular complexity index is 1460. The molecule has 4 amide bonds. The number of aryl methyl sites for hydroxylation is 4. The normalized spacial score (nSPS) is 14.6. The molecule has 0 saturated carbocycles. The van der Waals surface area contributed by atoms with Crippen molar-refractivity contribution in [2.24, 2.45) is 0 Å². The van der Waals surface area contributed by atoms with Crippen LogP contribution in [0.5, 0.6) is 11.5 Å². The van der Waals surface area contributed by atoms with Crippen molar-refractivity contribution < 1.29 is 23.9 Å². The molecule has 1 saturated heterocycles. The van der Waals surface area contributed by atoms with Crippen molar-refractivity contribution in [1.29, 1.82) is 0 Å². The Kier molecular flexibility index (Phi) is 7.88. The van der Waals surface area contributed by atoms with Gasteiger partial charge in [0.15, 0.2) is 11.5 Å². The minimum absolute atomic E-state index is 0.203. The summed E-state index contributed by atoms with van der Waals surface area (Å²) in [5.41, 5.74) is 5.80. The molecule has 196 valence electrons. The summed E-state index contributed by atoms with van der Waals surface area (Å²) in [5, 5.41) is 2.51. The van der Waals surface area contributed by atoms with Crippen LogP contribution < -0.4 is 19.7 Å². The lowest BCUT2D eigenvalue weighted by atomic mass is 10.0. The Morgan fingerprint density at radius 3 is 2.26 bits per heavy atom. The van der Waals surface area contributed by atoms with Crippen LogP contribution in [-0.4, -0.2) is 24.5 Å². The monoisotopic (exact) mass is 532 g/mol. The fraction of sp³-hybridized carbons (Fsp3) is 0.233. The van der Waals surface area contributed by atoms with Gasteiger partial charge in [0.05, 0.1) is 17.3 Å². The molecule has 3 aromatic carbocycles. The SMILES string of the molecule is CCOc1cc(/C=C2\C(=O)NC(=O)N(c3ccc(C)c(C)c3)C2=O)cc(Cl)c1OCc1cc(C)cc(C)c1. The molecule has 0 aliphatic carbocycles. The first-order chi connectivity index (χ1) is 18.1. The zero-order valence-corrected chi connectivity index (χ0v) is 22.7. The third-order valence-electron chi connectivity index (χ3n) is 6.16. The number of benzene rings is 3. The van der Waals surface area contributed by atoms with E-state index in [0.29, 0.717) is 29.4 Å². The second-order valence-electron chi connectivity index (χ2n) is 9.27. The van der Waals surface area contributed by atoms with Gasteiger partial charge in [-0.15, -0.1) is 0 Å². The summed E-state index contributed by atoms with van der Waals surface area (Å²) in [5.74, 6) is -0.779. The van der Waals surface area contributed by atoms with Gasteiger partial charge in [-0.05, 0) is 87.2 Å². The summed E-state index contributed by atoms with van der Waals surface area (Å²) in [4.78, 5) is 39.5. The number of carbonyl (C=O) groups is 3. The highest BCUT2D eigenvalue weighted by molar-refractivity contribution is 6.39. The number of rotatable bonds is 7. The predicted molar refractivity (Wildman–Crippen MR) is 148 cm³/mol. The lowest BCUT2D eigenvalue weighted by molar-refractivity contribution is -0.122. The number of nitrogens with zero attached hydrogens (tertiary/aromatic N) is 1. The third-order valence-corrected chi connectivity index (χ3v) is 6.44. The molecule has 3 aromatic rings. The highest BCUT2D eigenvalue weighted by Gasteiger charge is 2.37. The van der Waals surface area contributed by atoms with Gasteiger partial charge < -0.3 is 9.47 Å². The van der Waals surface area contributed by atoms with Gasteiger partial charge in [-0.25, -0.2) is 9.69 Å². The highest BCUT2D eigenvalue weighted by Crippen LogP contribution is 2.38. The molecule has 8 heteroatoms. The molecular formula is C30H29ClN2O5. The van der Waals surface area contributed by atoms with E-state index in [4.69, 9.17) is 21.1 Å². The second-order valence-corrected chi connectivity index (χ2v) is 9.68. The molecule has 0 radical (unpaired) electrons. The zero-order chi connectivity index (χ0) is 27.6. The summed E-state index contributed by atoms with van der Waals surface area (Å²) in [7, 11) is 0. The van der Waals surface area contributed by atoms with E-state index in [0.717, 1.165) is 32.7 Å². The van der Waals surface area contributed by atoms with Crippen LogP contribution in [0.1, 0.15) is 40.3 Å². The van der Waals surface area contributed by atoms with Crippen molar-refractivity contribution in [3.05, 3.63) is 92.5 Å². The Morgan fingerprint density at radius 2 is 1.61 bits per heavy atom. The number of nitrogens with one attached hydrogen (secondary N) is 1. The van der Waals surface area contributed by atoms with E-state index >= 15 is 0 Å². The van der Waals surface area contributed by atoms with Crippen molar-refractivity contribution in [1.82, 2.24) is 5.32 Å². The van der Waals surface area contributed by atoms with Crippen molar-refractivity contribution in [3.8, 4) is 11.5 Å². The fourth-order valence-corrected chi connectivity index (χ4v) is 4.58. The van der Waals surface area contributed by atoms with Crippen LogP contribution >= 0.6 is 11.6 Å². The number of amides is 4. The van der Waals surface area contributed by atoms with Gasteiger partial charge in [0, 0.05) is 0 Å². The summed E-state index contributed by atoms with van der Waals surface area (Å²) in [6.07, 6.45) is 1.39. The van der Waals surface area contributed by atoms with E-state index < -0.39 is 17.8 Å². The topological polar surface area (TPSA) is 84.9 Å². The van der Waals surface area contributed by atoms with Crippen LogP contribution in [-0.2, 0) is 16.2 Å². The number of halogens is 1. The second kappa shape index (κ2) is 11.1. The van der Waals surface area contributed by atoms with Crippen molar-refractivity contribution in [2.45, 2.75) is 41.2 Å². The molecule has 1 aliphatic rings. The molecule has 4 rings (SSSR count). The predicted octanol–water partition coefficient (Wildman–Crippen LogP) is 6.22. The number of imide groups is 2. The molecule has 1 aliphatic heterocycles. The number of ether oxygens (including phenoxy) is 2. The molecule has 0 atom stereocenters. The standard InChI is InChI=1S/C30H29ClN2O5/c1-6-37-26-15-21(14-25(31)27(26)38-16-22-10-17(2)9-18(3)11-22)13-24-28(34)32-30(36)33(29(24)35)23-8-7-19(4)20(5)12-23/h7-15H,6,16H2,1-5H3,(H,32,34,36)/b24-13+. The van der Waals surface area contributed by atoms with E-state index in [9.17, 15) is 14.4 Å². The number of urea groups is 1. The Morgan fingerprint density at radius 1 is 0.895 bits per heavy atom. The number of carbonyl (C=O) groups excluding carboxylic acids is 3. The van der Waals surface area contributed by atoms with Gasteiger partial charge in [0.1, 0.15) is 12.2 Å². The average molecular weight is 533 g/mol. The lowest BCUT2D eigenvalue weighted by Gasteiger charge is -2.27. The molecule has 1 heterocycles. The van der Waals surface area contributed by atoms with Crippen LogP contribution in [0.15, 0.2) is 54.1 Å². The van der Waals surface area contributed by atoms with Gasteiger partial charge in [0.25, 0.3) is 11.8 Å². The minimum Gasteiger partial charge on any atom is -0.490 e. The quantitative estimate of drug-likeness (QED) is 0.288. The van der Waals surface area contributed by atoms with E-state index in [2.05, 4.69) is 11.4 Å². The maximum atomic E-state index is 13.3. The molecule has 38 heavy (non-hydrogen) atoms. The van der Waals surface area contributed by atoms with Crippen LogP contribution in [0.4, 0.5) is 10.5 Å². The number of hydrogen-bond acceptors (Lipinski definition) is 5. The van der Waals surface area contributed by atoms with Gasteiger partial charge in [0.2, 0.25) is 0 Å². The third kappa shape index (κ3) is 5.73. The lowest BCUT2D eigenvalue weighted by Crippen LogP contribution is -2.54. The average Bonchev–Trinajstić information content (AvgIpc) is 2.83. The van der Waals surface area contributed by atoms with Crippen molar-refractivity contribution in [3.63, 3.8) is 0 Å². The first-order valence-electron chi connectivity index (χ1n) is 12.2. The van der Waals surface area contributed by atoms with Gasteiger partial charge >= 0.3 is 6.03 Å². The Balaban J connectivity index is 1.67. The number of barbiturate groups is 1. The maximum absolute atomic E-state index is 13.3. The van der Waals surface area contributed by atoms with Gasteiger partial charge in [-0.2, -0.15) is 0 Å². The zero-order valence-electron chi connectivity index (χ0n) is 22.0. The van der Waals surface area contributed by atoms with Crippen molar-refractivity contribution in [2.75, 3.05) is 11.5 Å². The van der Waals surface area contributed by atoms with Crippen LogP contribution in [0.2, 0.25) is 5.02 Å². The van der Waals surface area contributed by atoms with E-state index in [-0.39, 0.29) is 17.2 Å². The maximum Gasteiger partial charge on any atom is 0.335 e. The fourth-order valence-electron chi connectivity index (χ4n) is 4.31. The number of anilines is 1. The molecule has 1 N–H and O–H groups in total. The van der Waals surface area contributed by atoms with Crippen LogP contribution in [0.3, 0.4) is 0 Å². The van der Waals surface area contributed by atoms with Gasteiger partial charge in [-0.3, -0.25) is 14.9 Å². The van der Waals surface area contributed by atoms with Crippen molar-refractivity contribution >= 4 is 41.2 Å². The molecule has 1 fully saturated rings. The van der Waals surface area contributed by atoms with Crippen LogP contribution in [0.25, 0.3) is 6.08 Å². The first kappa shape index (κ1) is 26.9. The molecule has 0 aromatic heterocycles. The summed E-state index contributed by atoms with van der Waals surface area (Å²) < 4.78 is 11.8. The molecule has 7 nitrogen and oxygen atoms in total. The highest BCUT2D eigenvalue weighted by atomic mass is 35.5. The Labute approximate surface area is 227 Å². The molecule has 0 spiro atoms. The van der Waals surface area contributed by atoms with E-state index in [1.54, 1.807) is 24.3 Å². The minimum atomic E-state index is -0.802. The van der Waals surface area contributed by atoms with E-state index in [1.807, 2.05) is 52.8 Å². The molecule has 0 bridgehead atoms. The largest absolute Gasteiger partial charge is 0.490 e.